The van der Waals surface area contributed by atoms with E-state index in [9.17, 15) is 28.0 Å². The van der Waals surface area contributed by atoms with Crippen molar-refractivity contribution in [1.29, 1.82) is 0 Å². The SMILES string of the molecule is CN1C(=O)c2nccc(-c3cn(C)nc3-c3ccc(F)cc3)c2C1=O.Cn1cc(-c2ccnc3c2C(=O)NC3=O)c(-c2ccc(F)cc2)n1. The number of carbonyl (C=O) groups is 4. The highest BCUT2D eigenvalue weighted by Crippen LogP contribution is 2.37. The van der Waals surface area contributed by atoms with Gasteiger partial charge in [-0.25, -0.2) is 8.78 Å². The first kappa shape index (κ1) is 30.9. The zero-order valence-corrected chi connectivity index (χ0v) is 26.1. The Bertz CT molecular complexity index is 2350. The molecule has 6 aromatic rings. The average molecular weight is 659 g/mol. The molecule has 4 amide bonds. The molecular formula is C35H24F2N8O4. The minimum Gasteiger partial charge on any atom is -0.287 e. The lowest BCUT2D eigenvalue weighted by atomic mass is 9.97. The molecule has 49 heavy (non-hydrogen) atoms. The summed E-state index contributed by atoms with van der Waals surface area (Å²) in [6, 6.07) is 15.3. The van der Waals surface area contributed by atoms with Gasteiger partial charge in [-0.2, -0.15) is 10.2 Å². The predicted molar refractivity (Wildman–Crippen MR) is 172 cm³/mol. The van der Waals surface area contributed by atoms with Crippen LogP contribution in [0.3, 0.4) is 0 Å². The molecule has 0 unspecified atom stereocenters. The van der Waals surface area contributed by atoms with Crippen LogP contribution in [0.4, 0.5) is 8.78 Å². The quantitative estimate of drug-likeness (QED) is 0.269. The third kappa shape index (κ3) is 5.34. The van der Waals surface area contributed by atoms with Crippen molar-refractivity contribution < 1.29 is 28.0 Å². The first-order valence-corrected chi connectivity index (χ1v) is 14.8. The summed E-state index contributed by atoms with van der Waals surface area (Å²) in [5.74, 6) is -2.48. The van der Waals surface area contributed by atoms with Crippen LogP contribution in [-0.2, 0) is 14.1 Å². The maximum Gasteiger partial charge on any atom is 0.279 e. The highest BCUT2D eigenvalue weighted by molar-refractivity contribution is 6.24. The van der Waals surface area contributed by atoms with Crippen LogP contribution in [0.25, 0.3) is 44.8 Å². The van der Waals surface area contributed by atoms with E-state index in [1.165, 1.54) is 43.7 Å². The number of aryl methyl sites for hydroxylation is 2. The molecule has 2 aliphatic rings. The molecule has 8 rings (SSSR count). The van der Waals surface area contributed by atoms with Gasteiger partial charge in [0.25, 0.3) is 23.6 Å². The van der Waals surface area contributed by atoms with Gasteiger partial charge in [-0.3, -0.25) is 48.7 Å². The van der Waals surface area contributed by atoms with Crippen molar-refractivity contribution in [3.8, 4) is 44.8 Å². The smallest absolute Gasteiger partial charge is 0.279 e. The minimum absolute atomic E-state index is 0.103. The van der Waals surface area contributed by atoms with Crippen molar-refractivity contribution in [3.05, 3.63) is 120 Å². The zero-order chi connectivity index (χ0) is 34.6. The van der Waals surface area contributed by atoms with E-state index in [4.69, 9.17) is 0 Å². The molecule has 6 heterocycles. The van der Waals surface area contributed by atoms with E-state index in [0.29, 0.717) is 44.8 Å². The third-order valence-electron chi connectivity index (χ3n) is 8.07. The van der Waals surface area contributed by atoms with Crippen LogP contribution in [0.1, 0.15) is 41.7 Å². The maximum absolute atomic E-state index is 13.2. The number of nitrogens with one attached hydrogen (secondary N) is 1. The van der Waals surface area contributed by atoms with Crippen molar-refractivity contribution in [2.75, 3.05) is 7.05 Å². The summed E-state index contributed by atoms with van der Waals surface area (Å²) >= 11 is 0. The largest absolute Gasteiger partial charge is 0.287 e. The molecular weight excluding hydrogens is 634 g/mol. The van der Waals surface area contributed by atoms with E-state index in [1.54, 1.807) is 72.3 Å². The van der Waals surface area contributed by atoms with E-state index in [-0.39, 0.29) is 34.1 Å². The molecule has 14 heteroatoms. The summed E-state index contributed by atoms with van der Waals surface area (Å²) in [5, 5.41) is 11.1. The number of fused-ring (bicyclic) bond motifs is 2. The molecule has 4 aromatic heterocycles. The van der Waals surface area contributed by atoms with Gasteiger partial charge in [0, 0.05) is 79.3 Å². The van der Waals surface area contributed by atoms with Crippen molar-refractivity contribution >= 4 is 23.6 Å². The van der Waals surface area contributed by atoms with Crippen molar-refractivity contribution in [2.45, 2.75) is 0 Å². The van der Waals surface area contributed by atoms with Gasteiger partial charge in [-0.05, 0) is 60.7 Å². The Hall–Kier alpha value is -6.70. The summed E-state index contributed by atoms with van der Waals surface area (Å²) in [5.41, 5.74) is 5.88. The molecule has 242 valence electrons. The number of imide groups is 2. The van der Waals surface area contributed by atoms with Crippen LogP contribution < -0.4 is 5.32 Å². The fourth-order valence-corrected chi connectivity index (χ4v) is 5.81. The van der Waals surface area contributed by atoms with Crippen LogP contribution in [0.5, 0.6) is 0 Å². The fourth-order valence-electron chi connectivity index (χ4n) is 5.81. The number of pyridine rings is 2. The molecule has 0 fully saturated rings. The lowest BCUT2D eigenvalue weighted by molar-refractivity contribution is 0.0690. The van der Waals surface area contributed by atoms with Gasteiger partial charge in [0.1, 0.15) is 34.4 Å². The average Bonchev–Trinajstić information content (AvgIpc) is 3.82. The van der Waals surface area contributed by atoms with Gasteiger partial charge < -0.3 is 0 Å². The fraction of sp³-hybridized carbons (Fsp3) is 0.0857. The Morgan fingerprint density at radius 1 is 0.531 bits per heavy atom. The van der Waals surface area contributed by atoms with Crippen LogP contribution in [0.2, 0.25) is 0 Å². The second-order valence-corrected chi connectivity index (χ2v) is 11.3. The standard InChI is InChI=1S/C18H13FN4O2.C17H11FN4O2/c1-22-9-13(15(21-22)10-3-5-11(19)6-4-10)12-7-8-20-16-14(12)17(24)23(2)18(16)25;1-22-8-12(14(21-22)9-2-4-10(18)5-3-9)11-6-7-19-15-13(11)16(23)20-17(15)24/h3-9H,1-2H3;2-8H,1H3,(H,20,23,24). The van der Waals surface area contributed by atoms with Gasteiger partial charge in [0.05, 0.1) is 11.1 Å². The monoisotopic (exact) mass is 658 g/mol. The van der Waals surface area contributed by atoms with Crippen LogP contribution >= 0.6 is 0 Å². The van der Waals surface area contributed by atoms with Crippen molar-refractivity contribution in [2.24, 2.45) is 14.1 Å². The second-order valence-electron chi connectivity index (χ2n) is 11.3. The summed E-state index contributed by atoms with van der Waals surface area (Å²) in [4.78, 5) is 57.7. The number of hydrogen-bond acceptors (Lipinski definition) is 8. The van der Waals surface area contributed by atoms with E-state index in [2.05, 4.69) is 25.5 Å². The molecule has 0 saturated carbocycles. The summed E-state index contributed by atoms with van der Waals surface area (Å²) in [7, 11) is 4.94. The van der Waals surface area contributed by atoms with E-state index >= 15 is 0 Å². The second kappa shape index (κ2) is 11.8. The number of nitrogens with zero attached hydrogens (tertiary/aromatic N) is 7. The molecule has 1 N–H and O–H groups in total. The molecule has 0 spiro atoms. The molecule has 12 nitrogen and oxygen atoms in total. The number of aromatic nitrogens is 6. The lowest BCUT2D eigenvalue weighted by Gasteiger charge is -2.07. The highest BCUT2D eigenvalue weighted by Gasteiger charge is 2.37. The Kier molecular flexibility index (Phi) is 7.47. The number of rotatable bonds is 4. The van der Waals surface area contributed by atoms with Crippen molar-refractivity contribution in [3.63, 3.8) is 0 Å². The zero-order valence-electron chi connectivity index (χ0n) is 26.1. The number of benzene rings is 2. The first-order chi connectivity index (χ1) is 23.5. The molecule has 0 bridgehead atoms. The summed E-state index contributed by atoms with van der Waals surface area (Å²) in [6.07, 6.45) is 6.50. The van der Waals surface area contributed by atoms with Gasteiger partial charge in [0.15, 0.2) is 0 Å². The summed E-state index contributed by atoms with van der Waals surface area (Å²) < 4.78 is 29.6. The molecule has 0 aliphatic carbocycles. The molecule has 2 aliphatic heterocycles. The van der Waals surface area contributed by atoms with Crippen LogP contribution in [0.15, 0.2) is 85.5 Å². The Morgan fingerprint density at radius 2 is 1.00 bits per heavy atom. The van der Waals surface area contributed by atoms with Crippen molar-refractivity contribution in [1.82, 2.24) is 39.7 Å². The third-order valence-corrected chi connectivity index (χ3v) is 8.07. The van der Waals surface area contributed by atoms with Gasteiger partial charge in [0.2, 0.25) is 0 Å². The number of amides is 4. The van der Waals surface area contributed by atoms with Gasteiger partial charge in [-0.1, -0.05) is 0 Å². The molecule has 0 saturated heterocycles. The van der Waals surface area contributed by atoms with E-state index < -0.39 is 23.6 Å². The Balaban J connectivity index is 0.000000154. The minimum atomic E-state index is -0.510. The first-order valence-electron chi connectivity index (χ1n) is 14.8. The predicted octanol–water partition coefficient (Wildman–Crippen LogP) is 4.69. The highest BCUT2D eigenvalue weighted by atomic mass is 19.1. The van der Waals surface area contributed by atoms with Crippen LogP contribution in [0, 0.1) is 11.6 Å². The number of carbonyl (C=O) groups excluding carboxylic acids is 4. The normalized spacial score (nSPS) is 13.3. The Morgan fingerprint density at radius 3 is 1.51 bits per heavy atom. The van der Waals surface area contributed by atoms with Gasteiger partial charge in [-0.15, -0.1) is 0 Å². The maximum atomic E-state index is 13.2. The molecule has 2 aromatic carbocycles. The molecule has 0 atom stereocenters. The number of hydrogen-bond donors (Lipinski definition) is 1. The Labute approximate surface area is 276 Å². The van der Waals surface area contributed by atoms with E-state index in [1.807, 2.05) is 0 Å². The van der Waals surface area contributed by atoms with E-state index in [0.717, 1.165) is 4.90 Å². The van der Waals surface area contributed by atoms with Gasteiger partial charge >= 0.3 is 0 Å². The molecule has 0 radical (unpaired) electrons. The lowest BCUT2D eigenvalue weighted by Crippen LogP contribution is -2.24. The number of halogens is 2. The topological polar surface area (TPSA) is 145 Å². The summed E-state index contributed by atoms with van der Waals surface area (Å²) in [6.45, 7) is 0. The van der Waals surface area contributed by atoms with Crippen LogP contribution in [-0.4, -0.2) is 65.1 Å².